The molecule has 1 fully saturated rings. The van der Waals surface area contributed by atoms with E-state index in [9.17, 15) is 9.59 Å². The van der Waals surface area contributed by atoms with Crippen LogP contribution in [0.2, 0.25) is 0 Å². The van der Waals surface area contributed by atoms with E-state index in [1.165, 1.54) is 5.56 Å². The zero-order valence-electron chi connectivity index (χ0n) is 28.5. The second-order valence-corrected chi connectivity index (χ2v) is 13.9. The number of carbonyl (C=O) groups excluding carboxylic acids is 2. The average molecular weight is 645 g/mol. The van der Waals surface area contributed by atoms with E-state index in [4.69, 9.17) is 9.15 Å². The molecule has 1 aliphatic heterocycles. The van der Waals surface area contributed by atoms with Crippen LogP contribution in [0.15, 0.2) is 95.7 Å². The minimum Gasteiger partial charge on any atom is -0.459 e. The van der Waals surface area contributed by atoms with Crippen molar-refractivity contribution in [1.82, 2.24) is 20.5 Å². The number of hydrogen-bond donors (Lipinski definition) is 2. The van der Waals surface area contributed by atoms with Gasteiger partial charge in [-0.3, -0.25) is 14.7 Å². The number of rotatable bonds is 9. The molecule has 5 aromatic rings. The first-order chi connectivity index (χ1) is 22.9. The van der Waals surface area contributed by atoms with Crippen LogP contribution in [0.25, 0.3) is 11.0 Å². The van der Waals surface area contributed by atoms with Crippen LogP contribution in [0.3, 0.4) is 0 Å². The van der Waals surface area contributed by atoms with Crippen LogP contribution in [-0.4, -0.2) is 46.6 Å². The lowest BCUT2D eigenvalue weighted by Crippen LogP contribution is -2.60. The van der Waals surface area contributed by atoms with Crippen molar-refractivity contribution in [2.45, 2.75) is 71.7 Å². The van der Waals surface area contributed by atoms with Crippen LogP contribution >= 0.6 is 0 Å². The quantitative estimate of drug-likeness (QED) is 0.173. The number of pyridine rings is 1. The van der Waals surface area contributed by atoms with Gasteiger partial charge in [0.1, 0.15) is 16.9 Å². The number of hydrogen-bond acceptors (Lipinski definition) is 6. The summed E-state index contributed by atoms with van der Waals surface area (Å²) in [6, 6.07) is 26.0. The van der Waals surface area contributed by atoms with Crippen LogP contribution in [0.5, 0.6) is 0 Å². The molecule has 48 heavy (non-hydrogen) atoms. The minimum atomic E-state index is -0.554. The monoisotopic (exact) mass is 644 g/mol. The Morgan fingerprint density at radius 1 is 0.938 bits per heavy atom. The molecular formula is C40H44N4O4. The van der Waals surface area contributed by atoms with Gasteiger partial charge in [0.25, 0.3) is 0 Å². The lowest BCUT2D eigenvalue weighted by atomic mass is 9.93. The zero-order chi connectivity index (χ0) is 34.0. The molecule has 8 heteroatoms. The molecule has 0 bridgehead atoms. The molecule has 1 saturated heterocycles. The average Bonchev–Trinajstić information content (AvgIpc) is 3.42. The van der Waals surface area contributed by atoms with Gasteiger partial charge in [0.15, 0.2) is 0 Å². The van der Waals surface area contributed by atoms with E-state index >= 15 is 0 Å². The van der Waals surface area contributed by atoms with E-state index in [-0.39, 0.29) is 30.5 Å². The number of furan rings is 1. The molecule has 6 rings (SSSR count). The van der Waals surface area contributed by atoms with Crippen LogP contribution < -0.4 is 10.6 Å². The maximum absolute atomic E-state index is 13.6. The normalized spacial score (nSPS) is 15.0. The van der Waals surface area contributed by atoms with Crippen molar-refractivity contribution in [1.29, 1.82) is 0 Å². The topological polar surface area (TPSA) is 96.7 Å². The molecule has 3 heterocycles. The number of benzene rings is 3. The van der Waals surface area contributed by atoms with E-state index < -0.39 is 11.7 Å². The Kier molecular flexibility index (Phi) is 9.38. The number of nitrogens with one attached hydrogen (secondary N) is 2. The highest BCUT2D eigenvalue weighted by molar-refractivity contribution is 5.83. The van der Waals surface area contributed by atoms with E-state index in [0.29, 0.717) is 13.1 Å². The molecule has 248 valence electrons. The van der Waals surface area contributed by atoms with Gasteiger partial charge < -0.3 is 19.8 Å². The van der Waals surface area contributed by atoms with Crippen molar-refractivity contribution in [2.75, 3.05) is 13.1 Å². The second-order valence-electron chi connectivity index (χ2n) is 13.9. The fraction of sp³-hybridized carbons (Fsp3) is 0.325. The smallest absolute Gasteiger partial charge is 0.407 e. The molecule has 1 unspecified atom stereocenters. The van der Waals surface area contributed by atoms with Gasteiger partial charge in [-0.1, -0.05) is 60.2 Å². The highest BCUT2D eigenvalue weighted by Crippen LogP contribution is 2.37. The van der Waals surface area contributed by atoms with Gasteiger partial charge in [0.2, 0.25) is 5.91 Å². The van der Waals surface area contributed by atoms with Gasteiger partial charge in [-0.05, 0) is 99.2 Å². The molecule has 2 N–H and O–H groups in total. The van der Waals surface area contributed by atoms with E-state index in [1.54, 1.807) is 6.20 Å². The SMILES string of the molecule is Cc1ccc([C@@H](NC(=O)Cc2ccc3oc(C(c4ccncc4C)N4CC(NC(=O)OC(C)(C)C)C4)cc3c2)c2ccccc2)c(C)c1. The van der Waals surface area contributed by atoms with Crippen molar-refractivity contribution >= 4 is 23.0 Å². The Bertz CT molecular complexity index is 1920. The Hall–Kier alpha value is -4.95. The van der Waals surface area contributed by atoms with E-state index in [1.807, 2.05) is 76.4 Å². The molecule has 2 aromatic heterocycles. The van der Waals surface area contributed by atoms with E-state index in [0.717, 1.165) is 50.1 Å². The number of likely N-dealkylation sites (tertiary alicyclic amines) is 1. The van der Waals surface area contributed by atoms with Crippen molar-refractivity contribution in [3.05, 3.63) is 136 Å². The summed E-state index contributed by atoms with van der Waals surface area (Å²) in [5.41, 5.74) is 7.72. The lowest BCUT2D eigenvalue weighted by molar-refractivity contribution is -0.120. The molecule has 0 spiro atoms. The number of carbonyl (C=O) groups is 2. The fourth-order valence-corrected chi connectivity index (χ4v) is 6.50. The number of amides is 2. The first kappa shape index (κ1) is 33.0. The van der Waals surface area contributed by atoms with Crippen LogP contribution in [0.4, 0.5) is 4.79 Å². The Labute approximate surface area is 282 Å². The summed E-state index contributed by atoms with van der Waals surface area (Å²) in [7, 11) is 0. The van der Waals surface area contributed by atoms with Gasteiger partial charge in [0, 0.05) is 30.9 Å². The summed E-state index contributed by atoms with van der Waals surface area (Å²) in [5.74, 6) is 0.747. The summed E-state index contributed by atoms with van der Waals surface area (Å²) in [5, 5.41) is 7.22. The zero-order valence-corrected chi connectivity index (χ0v) is 28.5. The van der Waals surface area contributed by atoms with Crippen LogP contribution in [-0.2, 0) is 16.0 Å². The molecule has 2 atom stereocenters. The molecular weight excluding hydrogens is 600 g/mol. The highest BCUT2D eigenvalue weighted by atomic mass is 16.6. The largest absolute Gasteiger partial charge is 0.459 e. The second kappa shape index (κ2) is 13.6. The molecule has 3 aromatic carbocycles. The fourth-order valence-electron chi connectivity index (χ4n) is 6.50. The molecule has 2 amide bonds. The summed E-state index contributed by atoms with van der Waals surface area (Å²) >= 11 is 0. The number of fused-ring (bicyclic) bond motifs is 1. The summed E-state index contributed by atoms with van der Waals surface area (Å²) < 4.78 is 11.9. The molecule has 8 nitrogen and oxygen atoms in total. The predicted octanol–water partition coefficient (Wildman–Crippen LogP) is 7.50. The third kappa shape index (κ3) is 7.60. The Balaban J connectivity index is 1.21. The highest BCUT2D eigenvalue weighted by Gasteiger charge is 2.38. The third-order valence-electron chi connectivity index (χ3n) is 8.76. The molecule has 0 radical (unpaired) electrons. The van der Waals surface area contributed by atoms with Crippen molar-refractivity contribution < 1.29 is 18.7 Å². The van der Waals surface area contributed by atoms with Gasteiger partial charge in [-0.25, -0.2) is 4.79 Å². The maximum atomic E-state index is 13.6. The van der Waals surface area contributed by atoms with Crippen molar-refractivity contribution in [3.63, 3.8) is 0 Å². The Morgan fingerprint density at radius 2 is 1.71 bits per heavy atom. The van der Waals surface area contributed by atoms with Crippen molar-refractivity contribution in [3.8, 4) is 0 Å². The van der Waals surface area contributed by atoms with Gasteiger partial charge in [0.05, 0.1) is 24.5 Å². The van der Waals surface area contributed by atoms with E-state index in [2.05, 4.69) is 70.8 Å². The number of ether oxygens (including phenoxy) is 1. The first-order valence-corrected chi connectivity index (χ1v) is 16.5. The van der Waals surface area contributed by atoms with Crippen LogP contribution in [0, 0.1) is 20.8 Å². The van der Waals surface area contributed by atoms with Gasteiger partial charge in [-0.15, -0.1) is 0 Å². The summed E-state index contributed by atoms with van der Waals surface area (Å²) in [6.45, 7) is 13.1. The molecule has 0 saturated carbocycles. The molecule has 1 aliphatic rings. The molecule has 0 aliphatic carbocycles. The number of aromatic nitrogens is 1. The summed E-state index contributed by atoms with van der Waals surface area (Å²) in [6.07, 6.45) is 3.49. The third-order valence-corrected chi connectivity index (χ3v) is 8.76. The Morgan fingerprint density at radius 3 is 2.42 bits per heavy atom. The standard InChI is InChI=1S/C40H44N4O4/c1-25-12-14-32(26(2)18-25)37(29-10-8-7-9-11-29)43-36(45)20-28-13-15-34-30(19-28)21-35(47-34)38(33-16-17-41-22-27(33)3)44-23-31(24-44)42-39(46)48-40(4,5)6/h7-19,21-22,31,37-38H,20,23-24H2,1-6H3,(H,42,46)(H,43,45)/t37-,38?/m0/s1. The number of alkyl carbamates (subject to hydrolysis) is 1. The van der Waals surface area contributed by atoms with Crippen LogP contribution in [0.1, 0.15) is 77.6 Å². The summed E-state index contributed by atoms with van der Waals surface area (Å²) in [4.78, 5) is 32.5. The van der Waals surface area contributed by atoms with Gasteiger partial charge in [-0.2, -0.15) is 0 Å². The minimum absolute atomic E-state index is 0.0256. The number of aryl methyl sites for hydroxylation is 3. The lowest BCUT2D eigenvalue weighted by Gasteiger charge is -2.44. The van der Waals surface area contributed by atoms with Crippen molar-refractivity contribution in [2.24, 2.45) is 0 Å². The predicted molar refractivity (Wildman–Crippen MR) is 188 cm³/mol. The maximum Gasteiger partial charge on any atom is 0.407 e. The van der Waals surface area contributed by atoms with Gasteiger partial charge >= 0.3 is 6.09 Å². The first-order valence-electron chi connectivity index (χ1n) is 16.5. The number of nitrogens with zero attached hydrogens (tertiary/aromatic N) is 2.